The highest BCUT2D eigenvalue weighted by Gasteiger charge is 1.98. The molecular weight excluding hydrogens is 278 g/mol. The molecule has 0 spiro atoms. The predicted octanol–water partition coefficient (Wildman–Crippen LogP) is 4.09. The zero-order valence-corrected chi connectivity index (χ0v) is 12.4. The first-order valence-corrected chi connectivity index (χ1v) is 7.32. The van der Waals surface area contributed by atoms with Gasteiger partial charge in [-0.05, 0) is 25.0 Å². The Morgan fingerprint density at radius 2 is 1.88 bits per heavy atom. The van der Waals surface area contributed by atoms with Gasteiger partial charge in [0.15, 0.2) is 0 Å². The van der Waals surface area contributed by atoms with Crippen LogP contribution >= 0.6 is 15.9 Å². The number of nitrogens with zero attached hydrogens (tertiary/aromatic N) is 1. The fourth-order valence-electron chi connectivity index (χ4n) is 1.59. The number of hydrogen-bond acceptors (Lipinski definition) is 2. The van der Waals surface area contributed by atoms with Crippen molar-refractivity contribution in [2.24, 2.45) is 0 Å². The molecular formula is C14H22BrNO. The molecule has 0 N–H and O–H groups in total. The first-order valence-electron chi connectivity index (χ1n) is 6.20. The van der Waals surface area contributed by atoms with Crippen LogP contribution in [0.1, 0.15) is 25.7 Å². The lowest BCUT2D eigenvalue weighted by Crippen LogP contribution is -2.08. The second-order valence-corrected chi connectivity index (χ2v) is 5.14. The fourth-order valence-corrected chi connectivity index (χ4v) is 1.99. The molecule has 0 saturated carbocycles. The SMILES string of the molecule is CN(C)c1cccc(OCCCCCCBr)c1. The number of anilines is 1. The quantitative estimate of drug-likeness (QED) is 0.530. The van der Waals surface area contributed by atoms with Crippen molar-refractivity contribution in [2.75, 3.05) is 30.9 Å². The van der Waals surface area contributed by atoms with Gasteiger partial charge >= 0.3 is 0 Å². The van der Waals surface area contributed by atoms with Gasteiger partial charge in [-0.25, -0.2) is 0 Å². The van der Waals surface area contributed by atoms with Crippen LogP contribution in [-0.2, 0) is 0 Å². The van der Waals surface area contributed by atoms with Crippen molar-refractivity contribution in [1.29, 1.82) is 0 Å². The lowest BCUT2D eigenvalue weighted by molar-refractivity contribution is 0.305. The summed E-state index contributed by atoms with van der Waals surface area (Å²) in [4.78, 5) is 2.09. The summed E-state index contributed by atoms with van der Waals surface area (Å²) in [6.45, 7) is 0.819. The van der Waals surface area contributed by atoms with E-state index in [9.17, 15) is 0 Å². The lowest BCUT2D eigenvalue weighted by Gasteiger charge is -2.14. The highest BCUT2D eigenvalue weighted by molar-refractivity contribution is 9.09. The fraction of sp³-hybridized carbons (Fsp3) is 0.571. The first-order chi connectivity index (χ1) is 8.24. The van der Waals surface area contributed by atoms with Crippen LogP contribution in [0.4, 0.5) is 5.69 Å². The minimum atomic E-state index is 0.819. The Hall–Kier alpha value is -0.700. The van der Waals surface area contributed by atoms with Gasteiger partial charge in [0.2, 0.25) is 0 Å². The normalized spacial score (nSPS) is 10.3. The Morgan fingerprint density at radius 1 is 1.12 bits per heavy atom. The van der Waals surface area contributed by atoms with Crippen LogP contribution in [0, 0.1) is 0 Å². The lowest BCUT2D eigenvalue weighted by atomic mass is 10.2. The van der Waals surface area contributed by atoms with E-state index < -0.39 is 0 Å². The molecule has 0 aliphatic rings. The number of halogens is 1. The van der Waals surface area contributed by atoms with Crippen molar-refractivity contribution < 1.29 is 4.74 Å². The minimum absolute atomic E-state index is 0.819. The molecule has 96 valence electrons. The molecule has 17 heavy (non-hydrogen) atoms. The monoisotopic (exact) mass is 299 g/mol. The van der Waals surface area contributed by atoms with E-state index in [2.05, 4.69) is 33.0 Å². The van der Waals surface area contributed by atoms with Gasteiger partial charge in [0.05, 0.1) is 6.61 Å². The molecule has 0 heterocycles. The van der Waals surface area contributed by atoms with Gasteiger partial charge < -0.3 is 9.64 Å². The third-order valence-corrected chi connectivity index (χ3v) is 3.19. The number of ether oxygens (including phenoxy) is 1. The Balaban J connectivity index is 2.24. The summed E-state index contributed by atoms with van der Waals surface area (Å²) in [5.74, 6) is 0.969. The molecule has 0 atom stereocenters. The second kappa shape index (κ2) is 8.40. The third kappa shape index (κ3) is 5.97. The van der Waals surface area contributed by atoms with Crippen LogP contribution in [0.3, 0.4) is 0 Å². The van der Waals surface area contributed by atoms with Crippen LogP contribution in [0.25, 0.3) is 0 Å². The summed E-state index contributed by atoms with van der Waals surface area (Å²) in [6.07, 6.45) is 4.93. The number of benzene rings is 1. The molecule has 0 saturated heterocycles. The molecule has 3 heteroatoms. The maximum Gasteiger partial charge on any atom is 0.121 e. The van der Waals surface area contributed by atoms with E-state index in [1.165, 1.54) is 24.9 Å². The standard InChI is InChI=1S/C14H22BrNO/c1-16(2)13-8-7-9-14(12-13)17-11-6-4-3-5-10-15/h7-9,12H,3-6,10-11H2,1-2H3. The molecule has 0 amide bonds. The molecule has 0 aromatic heterocycles. The minimum Gasteiger partial charge on any atom is -0.494 e. The van der Waals surface area contributed by atoms with Crippen molar-refractivity contribution in [1.82, 2.24) is 0 Å². The zero-order valence-electron chi connectivity index (χ0n) is 10.8. The van der Waals surface area contributed by atoms with E-state index in [1.807, 2.05) is 26.2 Å². The van der Waals surface area contributed by atoms with Crippen LogP contribution in [-0.4, -0.2) is 26.0 Å². The Kier molecular flexibility index (Phi) is 7.10. The summed E-state index contributed by atoms with van der Waals surface area (Å²) in [5, 5.41) is 1.11. The molecule has 0 unspecified atom stereocenters. The van der Waals surface area contributed by atoms with Gasteiger partial charge in [-0.2, -0.15) is 0 Å². The predicted molar refractivity (Wildman–Crippen MR) is 78.5 cm³/mol. The molecule has 0 bridgehead atoms. The second-order valence-electron chi connectivity index (χ2n) is 4.34. The van der Waals surface area contributed by atoms with Gasteiger partial charge in [0.1, 0.15) is 5.75 Å². The van der Waals surface area contributed by atoms with Crippen molar-refractivity contribution in [3.63, 3.8) is 0 Å². The Bertz CT molecular complexity index is 315. The van der Waals surface area contributed by atoms with Gasteiger partial charge in [0, 0.05) is 31.2 Å². The summed E-state index contributed by atoms with van der Waals surface area (Å²) >= 11 is 3.44. The topological polar surface area (TPSA) is 12.5 Å². The molecule has 0 aliphatic carbocycles. The van der Waals surface area contributed by atoms with Crippen LogP contribution in [0.5, 0.6) is 5.75 Å². The number of alkyl halides is 1. The average Bonchev–Trinajstić information content (AvgIpc) is 2.34. The number of hydrogen-bond donors (Lipinski definition) is 0. The Labute approximate surface area is 113 Å². The van der Waals surface area contributed by atoms with E-state index in [-0.39, 0.29) is 0 Å². The largest absolute Gasteiger partial charge is 0.494 e. The van der Waals surface area contributed by atoms with E-state index in [0.717, 1.165) is 24.1 Å². The van der Waals surface area contributed by atoms with Gasteiger partial charge in [-0.15, -0.1) is 0 Å². The van der Waals surface area contributed by atoms with E-state index in [0.29, 0.717) is 0 Å². The van der Waals surface area contributed by atoms with Crippen molar-refractivity contribution in [2.45, 2.75) is 25.7 Å². The summed E-state index contributed by atoms with van der Waals surface area (Å²) in [5.41, 5.74) is 1.18. The highest BCUT2D eigenvalue weighted by Crippen LogP contribution is 2.19. The van der Waals surface area contributed by atoms with Crippen molar-refractivity contribution in [3.8, 4) is 5.75 Å². The third-order valence-electron chi connectivity index (χ3n) is 2.63. The molecule has 1 rings (SSSR count). The molecule has 0 radical (unpaired) electrons. The highest BCUT2D eigenvalue weighted by atomic mass is 79.9. The van der Waals surface area contributed by atoms with Gasteiger partial charge in [-0.1, -0.05) is 34.8 Å². The summed E-state index contributed by atoms with van der Waals surface area (Å²) in [6, 6.07) is 8.22. The Morgan fingerprint density at radius 3 is 2.59 bits per heavy atom. The zero-order chi connectivity index (χ0) is 12.5. The maximum atomic E-state index is 5.74. The van der Waals surface area contributed by atoms with E-state index in [1.54, 1.807) is 0 Å². The van der Waals surface area contributed by atoms with Gasteiger partial charge in [-0.3, -0.25) is 0 Å². The molecule has 2 nitrogen and oxygen atoms in total. The average molecular weight is 300 g/mol. The summed E-state index contributed by atoms with van der Waals surface area (Å²) < 4.78 is 5.74. The van der Waals surface area contributed by atoms with Crippen LogP contribution in [0.15, 0.2) is 24.3 Å². The van der Waals surface area contributed by atoms with Crippen LogP contribution in [0.2, 0.25) is 0 Å². The molecule has 1 aromatic rings. The maximum absolute atomic E-state index is 5.74. The summed E-state index contributed by atoms with van der Waals surface area (Å²) in [7, 11) is 4.08. The van der Waals surface area contributed by atoms with Crippen molar-refractivity contribution >= 4 is 21.6 Å². The van der Waals surface area contributed by atoms with Crippen LogP contribution < -0.4 is 9.64 Å². The molecule has 0 aliphatic heterocycles. The number of rotatable bonds is 8. The van der Waals surface area contributed by atoms with E-state index >= 15 is 0 Å². The molecule has 1 aromatic carbocycles. The number of unbranched alkanes of at least 4 members (excludes halogenated alkanes) is 3. The van der Waals surface area contributed by atoms with Gasteiger partial charge in [0.25, 0.3) is 0 Å². The first kappa shape index (κ1) is 14.4. The molecule has 0 fully saturated rings. The van der Waals surface area contributed by atoms with Crippen molar-refractivity contribution in [3.05, 3.63) is 24.3 Å². The van der Waals surface area contributed by atoms with E-state index in [4.69, 9.17) is 4.74 Å². The smallest absolute Gasteiger partial charge is 0.121 e.